The maximum Gasteiger partial charge on any atom is 0.270 e. The molecule has 0 spiro atoms. The van der Waals surface area contributed by atoms with Crippen LogP contribution in [0, 0.1) is 0 Å². The number of aromatic nitrogens is 2. The zero-order valence-corrected chi connectivity index (χ0v) is 16.1. The van der Waals surface area contributed by atoms with Crippen molar-refractivity contribution in [1.29, 1.82) is 0 Å². The SMILES string of the molecule is COc1ccccc1CCNC(=O)c1cccc(C(=O)NCc2cccnc2)n1. The summed E-state index contributed by atoms with van der Waals surface area (Å²) in [7, 11) is 1.62. The predicted octanol–water partition coefficient (Wildman–Crippen LogP) is 2.39. The molecule has 0 fully saturated rings. The van der Waals surface area contributed by atoms with Crippen LogP contribution in [0.1, 0.15) is 32.1 Å². The zero-order valence-electron chi connectivity index (χ0n) is 16.1. The molecular weight excluding hydrogens is 368 g/mol. The molecule has 0 saturated carbocycles. The summed E-state index contributed by atoms with van der Waals surface area (Å²) in [4.78, 5) is 32.9. The largest absolute Gasteiger partial charge is 0.496 e. The quantitative estimate of drug-likeness (QED) is 0.616. The van der Waals surface area contributed by atoms with Crippen LogP contribution in [-0.2, 0) is 13.0 Å². The smallest absolute Gasteiger partial charge is 0.270 e. The monoisotopic (exact) mass is 390 g/mol. The lowest BCUT2D eigenvalue weighted by Gasteiger charge is -2.09. The lowest BCUT2D eigenvalue weighted by molar-refractivity contribution is 0.0943. The minimum absolute atomic E-state index is 0.186. The fraction of sp³-hybridized carbons (Fsp3) is 0.182. The molecule has 0 unspecified atom stereocenters. The summed E-state index contributed by atoms with van der Waals surface area (Å²) in [5.74, 6) is 0.103. The molecule has 7 heteroatoms. The van der Waals surface area contributed by atoms with Gasteiger partial charge in [-0.05, 0) is 41.8 Å². The summed E-state index contributed by atoms with van der Waals surface area (Å²) < 4.78 is 5.31. The fourth-order valence-electron chi connectivity index (χ4n) is 2.77. The Hall–Kier alpha value is -3.74. The summed E-state index contributed by atoms with van der Waals surface area (Å²) in [6.45, 7) is 0.766. The summed E-state index contributed by atoms with van der Waals surface area (Å²) in [5, 5.41) is 5.60. The van der Waals surface area contributed by atoms with E-state index in [0.29, 0.717) is 19.5 Å². The van der Waals surface area contributed by atoms with Crippen LogP contribution in [0.25, 0.3) is 0 Å². The van der Waals surface area contributed by atoms with E-state index in [0.717, 1.165) is 16.9 Å². The number of hydrogen-bond acceptors (Lipinski definition) is 5. The van der Waals surface area contributed by atoms with Gasteiger partial charge in [-0.2, -0.15) is 0 Å². The average molecular weight is 390 g/mol. The van der Waals surface area contributed by atoms with Gasteiger partial charge in [0.2, 0.25) is 0 Å². The molecule has 2 amide bonds. The number of carbonyl (C=O) groups is 2. The number of carbonyl (C=O) groups excluding carboxylic acids is 2. The van der Waals surface area contributed by atoms with Gasteiger partial charge in [0.15, 0.2) is 0 Å². The van der Waals surface area contributed by atoms with E-state index in [1.807, 2.05) is 30.3 Å². The highest BCUT2D eigenvalue weighted by atomic mass is 16.5. The van der Waals surface area contributed by atoms with E-state index >= 15 is 0 Å². The molecule has 148 valence electrons. The first-order valence-corrected chi connectivity index (χ1v) is 9.21. The second-order valence-corrected chi connectivity index (χ2v) is 6.27. The first-order chi connectivity index (χ1) is 14.2. The average Bonchev–Trinajstić information content (AvgIpc) is 2.78. The van der Waals surface area contributed by atoms with E-state index in [1.54, 1.807) is 43.8 Å². The summed E-state index contributed by atoms with van der Waals surface area (Å²) in [5.41, 5.74) is 2.27. The molecule has 3 aromatic rings. The Bertz CT molecular complexity index is 977. The van der Waals surface area contributed by atoms with Gasteiger partial charge in [-0.1, -0.05) is 30.3 Å². The van der Waals surface area contributed by atoms with Crippen LogP contribution in [0.4, 0.5) is 0 Å². The Kier molecular flexibility index (Phi) is 6.89. The summed E-state index contributed by atoms with van der Waals surface area (Å²) >= 11 is 0. The van der Waals surface area contributed by atoms with E-state index in [9.17, 15) is 9.59 Å². The Balaban J connectivity index is 1.55. The maximum absolute atomic E-state index is 12.4. The molecule has 1 aromatic carbocycles. The Labute approximate surface area is 169 Å². The zero-order chi connectivity index (χ0) is 20.5. The number of ether oxygens (including phenoxy) is 1. The van der Waals surface area contributed by atoms with Crippen molar-refractivity contribution in [2.75, 3.05) is 13.7 Å². The van der Waals surface area contributed by atoms with Crippen molar-refractivity contribution < 1.29 is 14.3 Å². The molecule has 7 nitrogen and oxygen atoms in total. The molecule has 0 bridgehead atoms. The molecular formula is C22H22N4O3. The lowest BCUT2D eigenvalue weighted by Crippen LogP contribution is -2.28. The summed E-state index contributed by atoms with van der Waals surface area (Å²) in [6, 6.07) is 16.1. The van der Waals surface area contributed by atoms with Crippen LogP contribution < -0.4 is 15.4 Å². The molecule has 2 N–H and O–H groups in total. The fourth-order valence-corrected chi connectivity index (χ4v) is 2.77. The van der Waals surface area contributed by atoms with Crippen molar-refractivity contribution in [3.05, 3.63) is 89.5 Å². The van der Waals surface area contributed by atoms with Crippen LogP contribution in [0.2, 0.25) is 0 Å². The Morgan fingerprint density at radius 1 is 0.931 bits per heavy atom. The van der Waals surface area contributed by atoms with E-state index in [1.165, 1.54) is 0 Å². The van der Waals surface area contributed by atoms with Gasteiger partial charge in [-0.25, -0.2) is 4.98 Å². The molecule has 0 aliphatic rings. The van der Waals surface area contributed by atoms with Gasteiger partial charge in [0.1, 0.15) is 17.1 Å². The van der Waals surface area contributed by atoms with E-state index in [4.69, 9.17) is 4.74 Å². The van der Waals surface area contributed by atoms with Gasteiger partial charge in [0.05, 0.1) is 7.11 Å². The van der Waals surface area contributed by atoms with Crippen LogP contribution in [0.5, 0.6) is 5.75 Å². The van der Waals surface area contributed by atoms with E-state index in [2.05, 4.69) is 20.6 Å². The molecule has 0 aliphatic heterocycles. The third-order valence-corrected chi connectivity index (χ3v) is 4.26. The second-order valence-electron chi connectivity index (χ2n) is 6.27. The number of benzene rings is 1. The number of para-hydroxylation sites is 1. The van der Waals surface area contributed by atoms with Gasteiger partial charge >= 0.3 is 0 Å². The van der Waals surface area contributed by atoms with Crippen molar-refractivity contribution in [1.82, 2.24) is 20.6 Å². The molecule has 0 aliphatic carbocycles. The van der Waals surface area contributed by atoms with Gasteiger partial charge in [0.25, 0.3) is 11.8 Å². The first kappa shape index (κ1) is 20.0. The minimum atomic E-state index is -0.350. The number of methoxy groups -OCH3 is 1. The van der Waals surface area contributed by atoms with Gasteiger partial charge in [-0.15, -0.1) is 0 Å². The van der Waals surface area contributed by atoms with Crippen LogP contribution in [-0.4, -0.2) is 35.4 Å². The molecule has 2 aromatic heterocycles. The maximum atomic E-state index is 12.4. The van der Waals surface area contributed by atoms with Gasteiger partial charge < -0.3 is 15.4 Å². The van der Waals surface area contributed by atoms with Crippen LogP contribution >= 0.6 is 0 Å². The molecule has 0 radical (unpaired) electrons. The molecule has 0 atom stereocenters. The Morgan fingerprint density at radius 2 is 1.69 bits per heavy atom. The van der Waals surface area contributed by atoms with Crippen molar-refractivity contribution in [3.63, 3.8) is 0 Å². The number of nitrogens with zero attached hydrogens (tertiary/aromatic N) is 2. The standard InChI is InChI=1S/C22H22N4O3/c1-29-20-10-3-2-7-17(20)11-13-24-21(27)18-8-4-9-19(26-18)22(28)25-15-16-6-5-12-23-14-16/h2-10,12,14H,11,13,15H2,1H3,(H,24,27)(H,25,28). The van der Waals surface area contributed by atoms with E-state index < -0.39 is 0 Å². The van der Waals surface area contributed by atoms with Crippen molar-refractivity contribution in [3.8, 4) is 5.75 Å². The van der Waals surface area contributed by atoms with Crippen LogP contribution in [0.15, 0.2) is 67.0 Å². The molecule has 0 saturated heterocycles. The number of pyridine rings is 2. The number of nitrogens with one attached hydrogen (secondary N) is 2. The third-order valence-electron chi connectivity index (χ3n) is 4.26. The first-order valence-electron chi connectivity index (χ1n) is 9.21. The van der Waals surface area contributed by atoms with Crippen LogP contribution in [0.3, 0.4) is 0 Å². The highest BCUT2D eigenvalue weighted by Gasteiger charge is 2.12. The summed E-state index contributed by atoms with van der Waals surface area (Å²) in [6.07, 6.45) is 3.98. The molecule has 3 rings (SSSR count). The number of rotatable bonds is 8. The highest BCUT2D eigenvalue weighted by Crippen LogP contribution is 2.17. The van der Waals surface area contributed by atoms with Gasteiger partial charge in [-0.3, -0.25) is 14.6 Å². The van der Waals surface area contributed by atoms with Crippen molar-refractivity contribution in [2.45, 2.75) is 13.0 Å². The van der Waals surface area contributed by atoms with Crippen molar-refractivity contribution >= 4 is 11.8 Å². The predicted molar refractivity (Wildman–Crippen MR) is 109 cm³/mol. The van der Waals surface area contributed by atoms with E-state index in [-0.39, 0.29) is 23.2 Å². The molecule has 2 heterocycles. The molecule has 29 heavy (non-hydrogen) atoms. The third kappa shape index (κ3) is 5.62. The highest BCUT2D eigenvalue weighted by molar-refractivity contribution is 5.96. The minimum Gasteiger partial charge on any atom is -0.496 e. The second kappa shape index (κ2) is 9.98. The lowest BCUT2D eigenvalue weighted by atomic mass is 10.1. The van der Waals surface area contributed by atoms with Crippen molar-refractivity contribution in [2.24, 2.45) is 0 Å². The number of amides is 2. The topological polar surface area (TPSA) is 93.2 Å². The number of hydrogen-bond donors (Lipinski definition) is 2. The Morgan fingerprint density at radius 3 is 2.41 bits per heavy atom. The normalized spacial score (nSPS) is 10.2. The van der Waals surface area contributed by atoms with Gasteiger partial charge in [0, 0.05) is 25.5 Å².